The molecule has 8 rings (SSSR count). The minimum absolute atomic E-state index is 0.0856. The van der Waals surface area contributed by atoms with Crippen LogP contribution in [0.2, 0.25) is 0 Å². The summed E-state index contributed by atoms with van der Waals surface area (Å²) in [4.78, 5) is 9.69. The Morgan fingerprint density at radius 3 is 2.00 bits per heavy atom. The molecular weight excluding hydrogens is 482 g/mol. The zero-order valence-electron chi connectivity index (χ0n) is 23.0. The van der Waals surface area contributed by atoms with Gasteiger partial charge in [-0.15, -0.1) is 0 Å². The predicted octanol–water partition coefficient (Wildman–Crippen LogP) is 5.60. The average molecular weight is 524 g/mol. The number of benzene rings is 2. The predicted molar refractivity (Wildman–Crippen MR) is 155 cm³/mol. The van der Waals surface area contributed by atoms with E-state index in [0.29, 0.717) is 5.92 Å². The SMILES string of the molecule is C1CCOC1.OC1(c2cccnc2N2CCCC2)CCN(CC23CC(c4ccccc42)c2ccccc23)CC1. The summed E-state index contributed by atoms with van der Waals surface area (Å²) in [6.45, 7) is 6.98. The molecule has 0 atom stereocenters. The summed E-state index contributed by atoms with van der Waals surface area (Å²) in [5.41, 5.74) is 6.45. The summed E-state index contributed by atoms with van der Waals surface area (Å²) >= 11 is 0. The molecule has 2 aliphatic carbocycles. The highest BCUT2D eigenvalue weighted by Gasteiger charge is 2.53. The third-order valence-electron chi connectivity index (χ3n) is 9.95. The topological polar surface area (TPSA) is 48.8 Å². The van der Waals surface area contributed by atoms with Gasteiger partial charge in [-0.25, -0.2) is 4.98 Å². The highest BCUT2D eigenvalue weighted by molar-refractivity contribution is 5.63. The number of likely N-dealkylation sites (tertiary alicyclic amines) is 1. The number of anilines is 1. The van der Waals surface area contributed by atoms with E-state index in [1.54, 1.807) is 0 Å². The maximum absolute atomic E-state index is 11.8. The molecule has 204 valence electrons. The summed E-state index contributed by atoms with van der Waals surface area (Å²) in [7, 11) is 0. The minimum atomic E-state index is -0.788. The van der Waals surface area contributed by atoms with Crippen LogP contribution in [-0.4, -0.2) is 60.9 Å². The second-order valence-corrected chi connectivity index (χ2v) is 12.2. The molecule has 1 aromatic heterocycles. The highest BCUT2D eigenvalue weighted by atomic mass is 16.5. The first kappa shape index (κ1) is 25.3. The second-order valence-electron chi connectivity index (χ2n) is 12.2. The van der Waals surface area contributed by atoms with Gasteiger partial charge in [0.25, 0.3) is 0 Å². The molecule has 2 aromatic carbocycles. The quantitative estimate of drug-likeness (QED) is 0.483. The fraction of sp³-hybridized carbons (Fsp3) is 0.500. The van der Waals surface area contributed by atoms with Crippen LogP contribution in [0.4, 0.5) is 5.82 Å². The highest BCUT2D eigenvalue weighted by Crippen LogP contribution is 2.60. The van der Waals surface area contributed by atoms with Crippen LogP contribution in [0.5, 0.6) is 0 Å². The van der Waals surface area contributed by atoms with Gasteiger partial charge in [-0.1, -0.05) is 54.6 Å². The van der Waals surface area contributed by atoms with Crippen molar-refractivity contribution in [2.75, 3.05) is 50.8 Å². The maximum atomic E-state index is 11.8. The Balaban J connectivity index is 0.000000458. The zero-order valence-corrected chi connectivity index (χ0v) is 23.0. The molecule has 0 saturated carbocycles. The van der Waals surface area contributed by atoms with Gasteiger partial charge in [0.05, 0.1) is 5.60 Å². The fourth-order valence-corrected chi connectivity index (χ4v) is 7.99. The molecule has 1 N–H and O–H groups in total. The summed E-state index contributed by atoms with van der Waals surface area (Å²) in [6, 6.07) is 22.3. The molecule has 3 aromatic rings. The molecule has 39 heavy (non-hydrogen) atoms. The lowest BCUT2D eigenvalue weighted by molar-refractivity contribution is -0.0287. The minimum Gasteiger partial charge on any atom is -0.385 e. The van der Waals surface area contributed by atoms with E-state index in [2.05, 4.69) is 64.4 Å². The van der Waals surface area contributed by atoms with Gasteiger partial charge in [0.1, 0.15) is 5.82 Å². The standard InChI is InChI=1S/C30H33N3O.C4H8O/c34-30(27-12-7-15-31-28(27)33-16-5-6-17-33)13-18-32(19-14-30)21-29-20-24(22-8-1-3-10-25(22)29)23-9-2-4-11-26(23)29;1-2-4-5-3-1/h1-4,7-12,15,24,34H,5-6,13-14,16-21H2;1-4H2. The van der Waals surface area contributed by atoms with E-state index in [1.165, 1.54) is 54.4 Å². The lowest BCUT2D eigenvalue weighted by Crippen LogP contribution is -2.48. The Morgan fingerprint density at radius 2 is 1.38 bits per heavy atom. The van der Waals surface area contributed by atoms with Crippen LogP contribution in [0.15, 0.2) is 66.9 Å². The second kappa shape index (κ2) is 10.3. The summed E-state index contributed by atoms with van der Waals surface area (Å²) < 4.78 is 4.94. The van der Waals surface area contributed by atoms with Crippen molar-refractivity contribution < 1.29 is 9.84 Å². The fourth-order valence-electron chi connectivity index (χ4n) is 7.99. The summed E-state index contributed by atoms with van der Waals surface area (Å²) in [5.74, 6) is 1.54. The molecule has 2 bridgehead atoms. The van der Waals surface area contributed by atoms with Crippen LogP contribution in [0, 0.1) is 0 Å². The number of hydrogen-bond acceptors (Lipinski definition) is 5. The van der Waals surface area contributed by atoms with E-state index >= 15 is 0 Å². The molecule has 3 aliphatic heterocycles. The van der Waals surface area contributed by atoms with Crippen molar-refractivity contribution in [2.45, 2.75) is 61.9 Å². The van der Waals surface area contributed by atoms with Crippen LogP contribution >= 0.6 is 0 Å². The van der Waals surface area contributed by atoms with Gasteiger partial charge in [-0.2, -0.15) is 0 Å². The van der Waals surface area contributed by atoms with Crippen LogP contribution in [0.1, 0.15) is 78.7 Å². The number of hydrogen-bond donors (Lipinski definition) is 1. The number of ether oxygens (including phenoxy) is 1. The number of fused-ring (bicyclic) bond motifs is 8. The Hall–Kier alpha value is -2.73. The van der Waals surface area contributed by atoms with E-state index in [0.717, 1.165) is 70.2 Å². The van der Waals surface area contributed by atoms with Gasteiger partial charge < -0.3 is 19.6 Å². The number of piperidine rings is 1. The number of rotatable bonds is 4. The molecule has 5 aliphatic rings. The summed E-state index contributed by atoms with van der Waals surface area (Å²) in [5, 5.41) is 11.8. The van der Waals surface area contributed by atoms with Crippen molar-refractivity contribution >= 4 is 5.82 Å². The number of aromatic nitrogens is 1. The van der Waals surface area contributed by atoms with Crippen molar-refractivity contribution in [3.05, 3.63) is 94.7 Å². The van der Waals surface area contributed by atoms with Crippen LogP contribution < -0.4 is 4.90 Å². The van der Waals surface area contributed by atoms with Crippen molar-refractivity contribution in [3.63, 3.8) is 0 Å². The molecule has 5 heteroatoms. The molecule has 3 saturated heterocycles. The average Bonchev–Trinajstić information content (AvgIpc) is 3.81. The first-order chi connectivity index (χ1) is 19.2. The molecule has 0 radical (unpaired) electrons. The van der Waals surface area contributed by atoms with E-state index in [1.807, 2.05) is 12.3 Å². The van der Waals surface area contributed by atoms with Crippen molar-refractivity contribution in [1.29, 1.82) is 0 Å². The van der Waals surface area contributed by atoms with Gasteiger partial charge in [-0.05, 0) is 73.3 Å². The van der Waals surface area contributed by atoms with Crippen molar-refractivity contribution in [1.82, 2.24) is 9.88 Å². The van der Waals surface area contributed by atoms with Gasteiger partial charge >= 0.3 is 0 Å². The van der Waals surface area contributed by atoms with E-state index in [9.17, 15) is 5.11 Å². The largest absolute Gasteiger partial charge is 0.385 e. The van der Waals surface area contributed by atoms with Gasteiger partial charge in [0, 0.05) is 69.0 Å². The maximum Gasteiger partial charge on any atom is 0.134 e. The third-order valence-corrected chi connectivity index (χ3v) is 9.95. The third kappa shape index (κ3) is 4.39. The molecule has 4 heterocycles. The zero-order chi connectivity index (χ0) is 26.3. The van der Waals surface area contributed by atoms with E-state index in [-0.39, 0.29) is 5.41 Å². The van der Waals surface area contributed by atoms with Gasteiger partial charge in [0.15, 0.2) is 0 Å². The van der Waals surface area contributed by atoms with Crippen LogP contribution in [0.25, 0.3) is 0 Å². The number of nitrogens with zero attached hydrogens (tertiary/aromatic N) is 3. The number of pyridine rings is 1. The molecular formula is C34H41N3O2. The Bertz CT molecular complexity index is 1250. The molecule has 0 unspecified atom stereocenters. The first-order valence-corrected chi connectivity index (χ1v) is 15.1. The van der Waals surface area contributed by atoms with Gasteiger partial charge in [0.2, 0.25) is 0 Å². The summed E-state index contributed by atoms with van der Waals surface area (Å²) in [6.07, 6.45) is 9.58. The van der Waals surface area contributed by atoms with Crippen molar-refractivity contribution in [2.24, 2.45) is 0 Å². The van der Waals surface area contributed by atoms with E-state index < -0.39 is 5.60 Å². The first-order valence-electron chi connectivity index (χ1n) is 15.1. The smallest absolute Gasteiger partial charge is 0.134 e. The van der Waals surface area contributed by atoms with Crippen molar-refractivity contribution in [3.8, 4) is 0 Å². The monoisotopic (exact) mass is 523 g/mol. The lowest BCUT2D eigenvalue weighted by Gasteiger charge is -2.43. The Labute approximate surface area is 232 Å². The van der Waals surface area contributed by atoms with Crippen LogP contribution in [-0.2, 0) is 15.8 Å². The Kier molecular flexibility index (Phi) is 6.70. The Morgan fingerprint density at radius 1 is 0.769 bits per heavy atom. The number of aliphatic hydroxyl groups is 1. The molecule has 3 fully saturated rings. The molecule has 0 amide bonds. The van der Waals surface area contributed by atoms with Gasteiger partial charge in [-0.3, -0.25) is 0 Å². The molecule has 5 nitrogen and oxygen atoms in total. The lowest BCUT2D eigenvalue weighted by atomic mass is 9.74. The molecule has 0 spiro atoms. The van der Waals surface area contributed by atoms with Crippen LogP contribution in [0.3, 0.4) is 0 Å². The van der Waals surface area contributed by atoms with E-state index in [4.69, 9.17) is 9.72 Å². The normalized spacial score (nSPS) is 26.7.